The van der Waals surface area contributed by atoms with Crippen molar-refractivity contribution in [2.75, 3.05) is 18.5 Å². The number of aromatic nitrogens is 6. The van der Waals surface area contributed by atoms with Crippen LogP contribution in [0.15, 0.2) is 53.6 Å². The van der Waals surface area contributed by atoms with Gasteiger partial charge in [-0.15, -0.1) is 0 Å². The molecule has 0 bridgehead atoms. The standard InChI is InChI=1S/C21H21N7O2/c1-13-9-20(28-19(23-13)10-14(2)25-28)24-17-11-30-12-18(17)27-21(29)4-3-16(26-27)15-5-7-22-8-6-15/h3-10,17-18,24H,11-12H2,1-2H3. The molecular weight excluding hydrogens is 382 g/mol. The van der Waals surface area contributed by atoms with Crippen LogP contribution in [0, 0.1) is 13.8 Å². The summed E-state index contributed by atoms with van der Waals surface area (Å²) in [7, 11) is 0. The molecule has 0 radical (unpaired) electrons. The molecule has 4 aromatic rings. The Kier molecular flexibility index (Phi) is 4.51. The van der Waals surface area contributed by atoms with E-state index in [1.165, 1.54) is 4.68 Å². The van der Waals surface area contributed by atoms with Gasteiger partial charge in [0.25, 0.3) is 5.56 Å². The molecule has 0 saturated carbocycles. The first kappa shape index (κ1) is 18.4. The monoisotopic (exact) mass is 403 g/mol. The number of aryl methyl sites for hydroxylation is 2. The third-order valence-electron chi connectivity index (χ3n) is 5.18. The molecule has 0 spiro atoms. The van der Waals surface area contributed by atoms with Gasteiger partial charge in [0.05, 0.1) is 30.6 Å². The van der Waals surface area contributed by atoms with Crippen LogP contribution < -0.4 is 10.9 Å². The molecule has 152 valence electrons. The van der Waals surface area contributed by atoms with Crippen LogP contribution in [-0.2, 0) is 4.74 Å². The van der Waals surface area contributed by atoms with Crippen LogP contribution in [0.4, 0.5) is 5.82 Å². The summed E-state index contributed by atoms with van der Waals surface area (Å²) in [5.74, 6) is 0.810. The largest absolute Gasteiger partial charge is 0.377 e. The van der Waals surface area contributed by atoms with Crippen molar-refractivity contribution < 1.29 is 4.74 Å². The van der Waals surface area contributed by atoms with Crippen LogP contribution in [0.3, 0.4) is 0 Å². The van der Waals surface area contributed by atoms with Crippen LogP contribution in [0.5, 0.6) is 0 Å². The molecule has 1 aliphatic rings. The van der Waals surface area contributed by atoms with Crippen molar-refractivity contribution >= 4 is 11.5 Å². The maximum Gasteiger partial charge on any atom is 0.267 e. The molecule has 1 saturated heterocycles. The smallest absolute Gasteiger partial charge is 0.267 e. The molecular formula is C21H21N7O2. The molecule has 0 amide bonds. The van der Waals surface area contributed by atoms with Crippen LogP contribution >= 0.6 is 0 Å². The first-order valence-electron chi connectivity index (χ1n) is 9.77. The lowest BCUT2D eigenvalue weighted by molar-refractivity contribution is 0.183. The van der Waals surface area contributed by atoms with E-state index < -0.39 is 0 Å². The van der Waals surface area contributed by atoms with Gasteiger partial charge in [-0.2, -0.15) is 14.7 Å². The van der Waals surface area contributed by atoms with E-state index in [-0.39, 0.29) is 17.6 Å². The summed E-state index contributed by atoms with van der Waals surface area (Å²) in [6.45, 7) is 4.74. The summed E-state index contributed by atoms with van der Waals surface area (Å²) in [4.78, 5) is 21.2. The SMILES string of the molecule is Cc1cc(NC2COCC2n2nc(-c3ccncc3)ccc2=O)n2nc(C)cc2n1. The first-order chi connectivity index (χ1) is 14.6. The highest BCUT2D eigenvalue weighted by Gasteiger charge is 2.32. The van der Waals surface area contributed by atoms with Gasteiger partial charge >= 0.3 is 0 Å². The molecule has 1 fully saturated rings. The highest BCUT2D eigenvalue weighted by Crippen LogP contribution is 2.24. The van der Waals surface area contributed by atoms with Gasteiger partial charge in [0.15, 0.2) is 5.65 Å². The lowest BCUT2D eigenvalue weighted by Gasteiger charge is -2.22. The zero-order valence-electron chi connectivity index (χ0n) is 16.7. The predicted octanol–water partition coefficient (Wildman–Crippen LogP) is 2.02. The molecule has 5 heterocycles. The van der Waals surface area contributed by atoms with E-state index in [0.29, 0.717) is 18.9 Å². The maximum absolute atomic E-state index is 12.6. The van der Waals surface area contributed by atoms with Crippen LogP contribution in [0.25, 0.3) is 16.9 Å². The van der Waals surface area contributed by atoms with Crippen molar-refractivity contribution in [2.45, 2.75) is 25.9 Å². The van der Waals surface area contributed by atoms with Gasteiger partial charge in [-0.05, 0) is 32.0 Å². The molecule has 9 nitrogen and oxygen atoms in total. The normalized spacial score (nSPS) is 18.7. The van der Waals surface area contributed by atoms with Crippen molar-refractivity contribution in [3.8, 4) is 11.3 Å². The number of anilines is 1. The molecule has 9 heteroatoms. The minimum absolute atomic E-state index is 0.141. The molecule has 0 aromatic carbocycles. The fourth-order valence-electron chi connectivity index (χ4n) is 3.77. The van der Waals surface area contributed by atoms with Crippen molar-refractivity contribution in [1.29, 1.82) is 0 Å². The van der Waals surface area contributed by atoms with E-state index in [0.717, 1.165) is 28.4 Å². The third-order valence-corrected chi connectivity index (χ3v) is 5.18. The van der Waals surface area contributed by atoms with E-state index in [1.54, 1.807) is 29.0 Å². The number of fused-ring (bicyclic) bond motifs is 1. The van der Waals surface area contributed by atoms with Gasteiger partial charge in [-0.1, -0.05) is 0 Å². The Morgan fingerprint density at radius 3 is 2.70 bits per heavy atom. The third kappa shape index (κ3) is 3.33. The number of hydrogen-bond acceptors (Lipinski definition) is 7. The molecule has 4 aromatic heterocycles. The van der Waals surface area contributed by atoms with Crippen molar-refractivity contribution in [2.24, 2.45) is 0 Å². The molecule has 5 rings (SSSR count). The quantitative estimate of drug-likeness (QED) is 0.556. The van der Waals surface area contributed by atoms with Crippen molar-refractivity contribution in [3.05, 3.63) is 70.5 Å². The Morgan fingerprint density at radius 2 is 1.87 bits per heavy atom. The van der Waals surface area contributed by atoms with E-state index in [9.17, 15) is 4.79 Å². The summed E-state index contributed by atoms with van der Waals surface area (Å²) in [6.07, 6.45) is 3.41. The van der Waals surface area contributed by atoms with Gasteiger partial charge in [0, 0.05) is 41.9 Å². The average Bonchev–Trinajstić information content (AvgIpc) is 3.35. The first-order valence-corrected chi connectivity index (χ1v) is 9.77. The van der Waals surface area contributed by atoms with Crippen molar-refractivity contribution in [1.82, 2.24) is 29.4 Å². The van der Waals surface area contributed by atoms with E-state index >= 15 is 0 Å². The lowest BCUT2D eigenvalue weighted by Crippen LogP contribution is -2.37. The Hall–Kier alpha value is -3.59. The lowest BCUT2D eigenvalue weighted by atomic mass is 10.1. The maximum atomic E-state index is 12.6. The Balaban J connectivity index is 1.50. The minimum atomic E-state index is -0.250. The van der Waals surface area contributed by atoms with Crippen LogP contribution in [-0.4, -0.2) is 48.6 Å². The Labute approximate surface area is 172 Å². The van der Waals surface area contributed by atoms with Crippen molar-refractivity contribution in [3.63, 3.8) is 0 Å². The highest BCUT2D eigenvalue weighted by molar-refractivity contribution is 5.57. The second-order valence-corrected chi connectivity index (χ2v) is 7.43. The fourth-order valence-corrected chi connectivity index (χ4v) is 3.77. The number of ether oxygens (including phenoxy) is 1. The van der Waals surface area contributed by atoms with Gasteiger partial charge in [-0.3, -0.25) is 9.78 Å². The number of nitrogens with zero attached hydrogens (tertiary/aromatic N) is 6. The second kappa shape index (κ2) is 7.34. The van der Waals surface area contributed by atoms with Crippen LogP contribution in [0.1, 0.15) is 17.4 Å². The summed E-state index contributed by atoms with van der Waals surface area (Å²) >= 11 is 0. The van der Waals surface area contributed by atoms with Gasteiger partial charge in [-0.25, -0.2) is 9.67 Å². The van der Waals surface area contributed by atoms with Gasteiger partial charge in [0.2, 0.25) is 0 Å². The van der Waals surface area contributed by atoms with E-state index in [4.69, 9.17) is 4.74 Å². The highest BCUT2D eigenvalue weighted by atomic mass is 16.5. The molecule has 30 heavy (non-hydrogen) atoms. The second-order valence-electron chi connectivity index (χ2n) is 7.43. The minimum Gasteiger partial charge on any atom is -0.377 e. The van der Waals surface area contributed by atoms with Gasteiger partial charge < -0.3 is 10.1 Å². The number of nitrogens with one attached hydrogen (secondary N) is 1. The Bertz CT molecular complexity index is 1270. The average molecular weight is 403 g/mol. The summed E-state index contributed by atoms with van der Waals surface area (Å²) < 4.78 is 9.02. The Morgan fingerprint density at radius 1 is 1.03 bits per heavy atom. The molecule has 2 unspecified atom stereocenters. The topological polar surface area (TPSA) is 99.2 Å². The molecule has 2 atom stereocenters. The predicted molar refractivity (Wildman–Crippen MR) is 111 cm³/mol. The van der Waals surface area contributed by atoms with E-state index in [2.05, 4.69) is 25.5 Å². The van der Waals surface area contributed by atoms with Crippen LogP contribution in [0.2, 0.25) is 0 Å². The fraction of sp³-hybridized carbons (Fsp3) is 0.286. The van der Waals surface area contributed by atoms with E-state index in [1.807, 2.05) is 38.1 Å². The molecule has 1 N–H and O–H groups in total. The summed E-state index contributed by atoms with van der Waals surface area (Å²) in [5.41, 5.74) is 4.00. The number of pyridine rings is 1. The molecule has 0 aliphatic carbocycles. The zero-order chi connectivity index (χ0) is 20.7. The summed E-state index contributed by atoms with van der Waals surface area (Å²) in [5, 5.41) is 12.6. The summed E-state index contributed by atoms with van der Waals surface area (Å²) in [6, 6.07) is 10.5. The number of hydrogen-bond donors (Lipinski definition) is 1. The zero-order valence-corrected chi connectivity index (χ0v) is 16.7. The van der Waals surface area contributed by atoms with Gasteiger partial charge in [0.1, 0.15) is 11.9 Å². The molecule has 1 aliphatic heterocycles. The number of rotatable bonds is 4.